The summed E-state index contributed by atoms with van der Waals surface area (Å²) in [5, 5.41) is 2.70. The fourth-order valence-electron chi connectivity index (χ4n) is 2.59. The van der Waals surface area contributed by atoms with E-state index in [1.165, 1.54) is 21.9 Å². The van der Waals surface area contributed by atoms with Crippen LogP contribution in [-0.4, -0.2) is 42.5 Å². The molecule has 8 heteroatoms. The van der Waals surface area contributed by atoms with Crippen LogP contribution in [0.15, 0.2) is 24.3 Å². The molecule has 3 amide bonds. The number of urea groups is 1. The van der Waals surface area contributed by atoms with Gasteiger partial charge < -0.3 is 15.1 Å². The number of benzene rings is 1. The molecule has 1 heterocycles. The number of halogens is 3. The Labute approximate surface area is 138 Å². The van der Waals surface area contributed by atoms with Crippen LogP contribution in [0.2, 0.25) is 0 Å². The van der Waals surface area contributed by atoms with E-state index in [4.69, 9.17) is 0 Å². The summed E-state index contributed by atoms with van der Waals surface area (Å²) in [5.74, 6) is -0.396. The second kappa shape index (κ2) is 7.11. The van der Waals surface area contributed by atoms with Gasteiger partial charge in [-0.2, -0.15) is 13.2 Å². The lowest BCUT2D eigenvalue weighted by Gasteiger charge is -2.39. The van der Waals surface area contributed by atoms with Crippen LogP contribution in [0, 0.1) is 0 Å². The molecule has 1 aliphatic heterocycles. The van der Waals surface area contributed by atoms with Crippen LogP contribution in [-0.2, 0) is 11.0 Å². The zero-order valence-corrected chi connectivity index (χ0v) is 13.6. The van der Waals surface area contributed by atoms with E-state index in [1.54, 1.807) is 6.92 Å². The minimum Gasteiger partial charge on any atom is -0.338 e. The monoisotopic (exact) mass is 343 g/mol. The van der Waals surface area contributed by atoms with Crippen molar-refractivity contribution in [2.24, 2.45) is 0 Å². The SMILES string of the molecule is CCCNC(=O)N1CCN(c2cccc(C(F)(F)F)c2)C(=O)[C@@H]1C. The largest absolute Gasteiger partial charge is 0.416 e. The molecule has 0 aromatic heterocycles. The Bertz CT molecular complexity index is 619. The van der Waals surface area contributed by atoms with Gasteiger partial charge in [0, 0.05) is 25.3 Å². The summed E-state index contributed by atoms with van der Waals surface area (Å²) >= 11 is 0. The number of piperazine rings is 1. The lowest BCUT2D eigenvalue weighted by Crippen LogP contribution is -2.59. The molecule has 2 rings (SSSR count). The van der Waals surface area contributed by atoms with Gasteiger partial charge in [0.1, 0.15) is 6.04 Å². The summed E-state index contributed by atoms with van der Waals surface area (Å²) in [6.45, 7) is 4.42. The Morgan fingerprint density at radius 2 is 2.04 bits per heavy atom. The first-order chi connectivity index (χ1) is 11.3. The van der Waals surface area contributed by atoms with Crippen LogP contribution < -0.4 is 10.2 Å². The van der Waals surface area contributed by atoms with Crippen LogP contribution in [0.3, 0.4) is 0 Å². The number of rotatable bonds is 3. The van der Waals surface area contributed by atoms with Gasteiger partial charge in [-0.05, 0) is 31.5 Å². The van der Waals surface area contributed by atoms with Gasteiger partial charge in [0.25, 0.3) is 0 Å². The van der Waals surface area contributed by atoms with Crippen LogP contribution in [0.5, 0.6) is 0 Å². The Hall–Kier alpha value is -2.25. The average Bonchev–Trinajstić information content (AvgIpc) is 2.54. The van der Waals surface area contributed by atoms with Crippen LogP contribution >= 0.6 is 0 Å². The molecule has 1 fully saturated rings. The first kappa shape index (κ1) is 18.1. The Morgan fingerprint density at radius 3 is 2.67 bits per heavy atom. The zero-order valence-electron chi connectivity index (χ0n) is 13.6. The van der Waals surface area contributed by atoms with E-state index >= 15 is 0 Å². The highest BCUT2D eigenvalue weighted by molar-refractivity contribution is 6.00. The van der Waals surface area contributed by atoms with Crippen LogP contribution in [0.25, 0.3) is 0 Å². The highest BCUT2D eigenvalue weighted by atomic mass is 19.4. The fourth-order valence-corrected chi connectivity index (χ4v) is 2.59. The molecule has 1 aromatic carbocycles. The van der Waals surface area contributed by atoms with Gasteiger partial charge in [-0.15, -0.1) is 0 Å². The molecule has 1 aliphatic rings. The molecule has 0 aliphatic carbocycles. The van der Waals surface area contributed by atoms with E-state index in [0.29, 0.717) is 6.54 Å². The van der Waals surface area contributed by atoms with Crippen molar-refractivity contribution < 1.29 is 22.8 Å². The molecule has 1 atom stereocenters. The van der Waals surface area contributed by atoms with Crippen molar-refractivity contribution >= 4 is 17.6 Å². The zero-order chi connectivity index (χ0) is 17.9. The van der Waals surface area contributed by atoms with Crippen molar-refractivity contribution in [2.75, 3.05) is 24.5 Å². The molecule has 132 valence electrons. The number of amides is 3. The van der Waals surface area contributed by atoms with Gasteiger partial charge in [-0.1, -0.05) is 13.0 Å². The maximum absolute atomic E-state index is 12.8. The smallest absolute Gasteiger partial charge is 0.338 e. The van der Waals surface area contributed by atoms with Gasteiger partial charge in [0.05, 0.1) is 5.56 Å². The lowest BCUT2D eigenvalue weighted by atomic mass is 10.1. The van der Waals surface area contributed by atoms with E-state index in [1.807, 2.05) is 6.92 Å². The number of carbonyl (C=O) groups is 2. The Kier molecular flexibility index (Phi) is 5.36. The number of anilines is 1. The minimum atomic E-state index is -4.47. The van der Waals surface area contributed by atoms with E-state index in [-0.39, 0.29) is 24.8 Å². The summed E-state index contributed by atoms with van der Waals surface area (Å²) < 4.78 is 38.5. The molecule has 0 saturated carbocycles. The maximum Gasteiger partial charge on any atom is 0.416 e. The second-order valence-corrected chi connectivity index (χ2v) is 5.64. The second-order valence-electron chi connectivity index (χ2n) is 5.64. The number of alkyl halides is 3. The molecule has 5 nitrogen and oxygen atoms in total. The molecule has 0 spiro atoms. The summed E-state index contributed by atoms with van der Waals surface area (Å²) in [6, 6.07) is 3.60. The summed E-state index contributed by atoms with van der Waals surface area (Å²) in [6.07, 6.45) is -3.69. The molecule has 24 heavy (non-hydrogen) atoms. The third kappa shape index (κ3) is 3.80. The van der Waals surface area contributed by atoms with E-state index < -0.39 is 23.7 Å². The predicted octanol–water partition coefficient (Wildman–Crippen LogP) is 2.86. The number of carbonyl (C=O) groups excluding carboxylic acids is 2. The molecular weight excluding hydrogens is 323 g/mol. The fraction of sp³-hybridized carbons (Fsp3) is 0.500. The molecule has 0 bridgehead atoms. The van der Waals surface area contributed by atoms with Crippen molar-refractivity contribution in [2.45, 2.75) is 32.5 Å². The number of nitrogens with one attached hydrogen (secondary N) is 1. The number of hydrogen-bond acceptors (Lipinski definition) is 2. The van der Waals surface area contributed by atoms with E-state index in [9.17, 15) is 22.8 Å². The van der Waals surface area contributed by atoms with Crippen molar-refractivity contribution in [3.05, 3.63) is 29.8 Å². The van der Waals surface area contributed by atoms with Gasteiger partial charge >= 0.3 is 12.2 Å². The van der Waals surface area contributed by atoms with Crippen molar-refractivity contribution in [3.63, 3.8) is 0 Å². The summed E-state index contributed by atoms with van der Waals surface area (Å²) in [7, 11) is 0. The molecular formula is C16H20F3N3O2. The quantitative estimate of drug-likeness (QED) is 0.918. The standard InChI is InChI=1S/C16H20F3N3O2/c1-3-7-20-15(24)21-8-9-22(14(23)11(21)2)13-6-4-5-12(10-13)16(17,18)19/h4-6,10-11H,3,7-9H2,1-2H3,(H,20,24)/t11-/m0/s1. The number of nitrogens with zero attached hydrogens (tertiary/aromatic N) is 2. The van der Waals surface area contributed by atoms with Crippen molar-refractivity contribution in [3.8, 4) is 0 Å². The number of hydrogen-bond donors (Lipinski definition) is 1. The van der Waals surface area contributed by atoms with Gasteiger partial charge in [0.15, 0.2) is 0 Å². The Morgan fingerprint density at radius 1 is 1.33 bits per heavy atom. The molecule has 1 aromatic rings. The van der Waals surface area contributed by atoms with Crippen molar-refractivity contribution in [1.29, 1.82) is 0 Å². The first-order valence-corrected chi connectivity index (χ1v) is 7.78. The average molecular weight is 343 g/mol. The highest BCUT2D eigenvalue weighted by Crippen LogP contribution is 2.32. The Balaban J connectivity index is 2.16. The minimum absolute atomic E-state index is 0.157. The maximum atomic E-state index is 12.8. The summed E-state index contributed by atoms with van der Waals surface area (Å²) in [4.78, 5) is 27.2. The summed E-state index contributed by atoms with van der Waals surface area (Å²) in [5.41, 5.74) is -0.612. The highest BCUT2D eigenvalue weighted by Gasteiger charge is 2.36. The first-order valence-electron chi connectivity index (χ1n) is 7.78. The third-order valence-corrected chi connectivity index (χ3v) is 3.93. The predicted molar refractivity (Wildman–Crippen MR) is 83.7 cm³/mol. The third-order valence-electron chi connectivity index (χ3n) is 3.93. The molecule has 1 saturated heterocycles. The van der Waals surface area contributed by atoms with E-state index in [0.717, 1.165) is 18.6 Å². The normalized spacial score (nSPS) is 18.7. The lowest BCUT2D eigenvalue weighted by molar-refractivity contribution is -0.137. The van der Waals surface area contributed by atoms with Gasteiger partial charge in [-0.3, -0.25) is 4.79 Å². The van der Waals surface area contributed by atoms with E-state index in [2.05, 4.69) is 5.32 Å². The van der Waals surface area contributed by atoms with Crippen LogP contribution in [0.1, 0.15) is 25.8 Å². The topological polar surface area (TPSA) is 52.7 Å². The molecule has 0 radical (unpaired) electrons. The van der Waals surface area contributed by atoms with Gasteiger partial charge in [0.2, 0.25) is 5.91 Å². The van der Waals surface area contributed by atoms with Crippen molar-refractivity contribution in [1.82, 2.24) is 10.2 Å². The molecule has 1 N–H and O–H groups in total. The van der Waals surface area contributed by atoms with Crippen LogP contribution in [0.4, 0.5) is 23.7 Å². The molecule has 0 unspecified atom stereocenters. The van der Waals surface area contributed by atoms with Gasteiger partial charge in [-0.25, -0.2) is 4.79 Å².